The SMILES string of the molecule is CC(=O)C[C@H](CC(C)=C(C)C)OC(C)=O. The van der Waals surface area contributed by atoms with Gasteiger partial charge in [-0.25, -0.2) is 0 Å². The Balaban J connectivity index is 4.43. The molecule has 0 aliphatic carbocycles. The summed E-state index contributed by atoms with van der Waals surface area (Å²) >= 11 is 0. The lowest BCUT2D eigenvalue weighted by Crippen LogP contribution is -2.19. The molecule has 3 nitrogen and oxygen atoms in total. The molecule has 0 saturated heterocycles. The van der Waals surface area contributed by atoms with Gasteiger partial charge in [-0.3, -0.25) is 9.59 Å². The number of hydrogen-bond acceptors (Lipinski definition) is 3. The highest BCUT2D eigenvalue weighted by atomic mass is 16.5. The van der Waals surface area contributed by atoms with Crippen LogP contribution in [0.2, 0.25) is 0 Å². The van der Waals surface area contributed by atoms with Crippen LogP contribution in [-0.2, 0) is 14.3 Å². The van der Waals surface area contributed by atoms with E-state index in [1.165, 1.54) is 25.0 Å². The zero-order chi connectivity index (χ0) is 12.0. The van der Waals surface area contributed by atoms with Crippen LogP contribution in [-0.4, -0.2) is 17.9 Å². The highest BCUT2D eigenvalue weighted by molar-refractivity contribution is 5.76. The van der Waals surface area contributed by atoms with Gasteiger partial charge in [0.05, 0.1) is 0 Å². The molecule has 3 heteroatoms. The van der Waals surface area contributed by atoms with Gasteiger partial charge in [0.15, 0.2) is 0 Å². The molecule has 15 heavy (non-hydrogen) atoms. The molecule has 1 atom stereocenters. The Labute approximate surface area is 91.5 Å². The molecule has 0 heterocycles. The van der Waals surface area contributed by atoms with Crippen molar-refractivity contribution < 1.29 is 14.3 Å². The lowest BCUT2D eigenvalue weighted by Gasteiger charge is -2.16. The van der Waals surface area contributed by atoms with E-state index in [4.69, 9.17) is 4.74 Å². The molecule has 0 rings (SSSR count). The largest absolute Gasteiger partial charge is 0.462 e. The van der Waals surface area contributed by atoms with E-state index in [1.54, 1.807) is 0 Å². The van der Waals surface area contributed by atoms with Crippen molar-refractivity contribution in [1.82, 2.24) is 0 Å². The molecule has 0 aromatic heterocycles. The highest BCUT2D eigenvalue weighted by Gasteiger charge is 2.15. The van der Waals surface area contributed by atoms with Crippen LogP contribution >= 0.6 is 0 Å². The molecule has 0 aliphatic heterocycles. The van der Waals surface area contributed by atoms with Crippen molar-refractivity contribution in [2.75, 3.05) is 0 Å². The molecule has 0 fully saturated rings. The summed E-state index contributed by atoms with van der Waals surface area (Å²) in [5.74, 6) is -0.286. The van der Waals surface area contributed by atoms with Gasteiger partial charge < -0.3 is 4.74 Å². The van der Waals surface area contributed by atoms with Crippen molar-refractivity contribution in [2.24, 2.45) is 0 Å². The summed E-state index contributed by atoms with van der Waals surface area (Å²) in [5, 5.41) is 0. The van der Waals surface area contributed by atoms with Crippen molar-refractivity contribution in [1.29, 1.82) is 0 Å². The maximum atomic E-state index is 11.0. The summed E-state index contributed by atoms with van der Waals surface area (Å²) in [6.07, 6.45) is 0.626. The van der Waals surface area contributed by atoms with E-state index in [9.17, 15) is 9.59 Å². The number of Topliss-reactive ketones (excluding diaryl/α,β-unsaturated/α-hetero) is 1. The molecular formula is C12H20O3. The quantitative estimate of drug-likeness (QED) is 0.519. The summed E-state index contributed by atoms with van der Waals surface area (Å²) < 4.78 is 5.09. The first-order chi connectivity index (χ1) is 6.82. The third-order valence-corrected chi connectivity index (χ3v) is 2.24. The fourth-order valence-corrected chi connectivity index (χ4v) is 1.26. The topological polar surface area (TPSA) is 43.4 Å². The third kappa shape index (κ3) is 6.89. The predicted octanol–water partition coefficient (Wildman–Crippen LogP) is 2.64. The van der Waals surface area contributed by atoms with E-state index in [0.29, 0.717) is 12.8 Å². The van der Waals surface area contributed by atoms with Crippen LogP contribution in [0.25, 0.3) is 0 Å². The molecule has 0 radical (unpaired) electrons. The zero-order valence-corrected chi connectivity index (χ0v) is 10.2. The molecular weight excluding hydrogens is 192 g/mol. The number of hydrogen-bond donors (Lipinski definition) is 0. The third-order valence-electron chi connectivity index (χ3n) is 2.24. The molecule has 0 saturated carbocycles. The van der Waals surface area contributed by atoms with Crippen LogP contribution in [0.15, 0.2) is 11.1 Å². The van der Waals surface area contributed by atoms with Gasteiger partial charge in [-0.1, -0.05) is 11.1 Å². The van der Waals surface area contributed by atoms with Crippen molar-refractivity contribution in [3.8, 4) is 0 Å². The number of ether oxygens (including phenoxy) is 1. The monoisotopic (exact) mass is 212 g/mol. The van der Waals surface area contributed by atoms with Crippen LogP contribution in [0.3, 0.4) is 0 Å². The first kappa shape index (κ1) is 13.9. The zero-order valence-electron chi connectivity index (χ0n) is 10.2. The van der Waals surface area contributed by atoms with E-state index in [0.717, 1.165) is 0 Å². The van der Waals surface area contributed by atoms with Gasteiger partial charge in [-0.05, 0) is 27.7 Å². The average molecular weight is 212 g/mol. The summed E-state index contributed by atoms with van der Waals surface area (Å²) in [4.78, 5) is 21.8. The molecule has 0 aliphatic rings. The minimum atomic E-state index is -0.331. The molecule has 0 amide bonds. The fraction of sp³-hybridized carbons (Fsp3) is 0.667. The Bertz CT molecular complexity index is 257. The number of carbonyl (C=O) groups excluding carboxylic acids is 2. The van der Waals surface area contributed by atoms with Crippen molar-refractivity contribution in [2.45, 2.75) is 53.6 Å². The summed E-state index contributed by atoms with van der Waals surface area (Å²) in [6.45, 7) is 8.88. The maximum Gasteiger partial charge on any atom is 0.302 e. The van der Waals surface area contributed by atoms with Gasteiger partial charge in [0.2, 0.25) is 0 Å². The van der Waals surface area contributed by atoms with Gasteiger partial charge in [-0.2, -0.15) is 0 Å². The van der Waals surface area contributed by atoms with Crippen molar-refractivity contribution >= 4 is 11.8 Å². The summed E-state index contributed by atoms with van der Waals surface area (Å²) in [5.41, 5.74) is 2.37. The molecule has 0 aromatic rings. The highest BCUT2D eigenvalue weighted by Crippen LogP contribution is 2.15. The Morgan fingerprint density at radius 2 is 1.53 bits per heavy atom. The maximum absolute atomic E-state index is 11.0. The molecule has 0 spiro atoms. The van der Waals surface area contributed by atoms with E-state index >= 15 is 0 Å². The Morgan fingerprint density at radius 1 is 1.00 bits per heavy atom. The fourth-order valence-electron chi connectivity index (χ4n) is 1.26. The van der Waals surface area contributed by atoms with Gasteiger partial charge in [0.25, 0.3) is 0 Å². The molecule has 0 unspecified atom stereocenters. The number of esters is 1. The van der Waals surface area contributed by atoms with Crippen LogP contribution in [0.4, 0.5) is 0 Å². The number of carbonyl (C=O) groups is 2. The Kier molecular flexibility index (Phi) is 5.90. The molecule has 0 bridgehead atoms. The standard InChI is InChI=1S/C12H20O3/c1-8(2)9(3)6-12(7-10(4)13)15-11(5)14/h12H,6-7H2,1-5H3/t12-/m0/s1. The van der Waals surface area contributed by atoms with Crippen LogP contribution in [0.5, 0.6) is 0 Å². The van der Waals surface area contributed by atoms with E-state index in [1.807, 2.05) is 20.8 Å². The second-order valence-corrected chi connectivity index (χ2v) is 4.12. The smallest absolute Gasteiger partial charge is 0.302 e. The second kappa shape index (κ2) is 6.38. The first-order valence-electron chi connectivity index (χ1n) is 5.12. The minimum Gasteiger partial charge on any atom is -0.462 e. The van der Waals surface area contributed by atoms with Gasteiger partial charge in [0, 0.05) is 19.8 Å². The summed E-state index contributed by atoms with van der Waals surface area (Å²) in [6, 6.07) is 0. The van der Waals surface area contributed by atoms with Gasteiger partial charge in [0.1, 0.15) is 11.9 Å². The normalized spacial score (nSPS) is 11.8. The lowest BCUT2D eigenvalue weighted by molar-refractivity contribution is -0.147. The van der Waals surface area contributed by atoms with Crippen LogP contribution < -0.4 is 0 Å². The van der Waals surface area contributed by atoms with E-state index in [2.05, 4.69) is 0 Å². The predicted molar refractivity (Wildman–Crippen MR) is 59.5 cm³/mol. The van der Waals surface area contributed by atoms with Gasteiger partial charge in [-0.15, -0.1) is 0 Å². The van der Waals surface area contributed by atoms with E-state index in [-0.39, 0.29) is 17.9 Å². The lowest BCUT2D eigenvalue weighted by atomic mass is 10.0. The van der Waals surface area contributed by atoms with Crippen molar-refractivity contribution in [3.63, 3.8) is 0 Å². The Hall–Kier alpha value is -1.12. The summed E-state index contributed by atoms with van der Waals surface area (Å²) in [7, 11) is 0. The average Bonchev–Trinajstić information content (AvgIpc) is 2.00. The van der Waals surface area contributed by atoms with Crippen LogP contribution in [0, 0.1) is 0 Å². The minimum absolute atomic E-state index is 0.0443. The second-order valence-electron chi connectivity index (χ2n) is 4.12. The molecule has 0 aromatic carbocycles. The number of ketones is 1. The number of allylic oxidation sites excluding steroid dienone is 1. The van der Waals surface area contributed by atoms with E-state index < -0.39 is 0 Å². The van der Waals surface area contributed by atoms with Crippen molar-refractivity contribution in [3.05, 3.63) is 11.1 Å². The van der Waals surface area contributed by atoms with Crippen LogP contribution in [0.1, 0.15) is 47.5 Å². The first-order valence-corrected chi connectivity index (χ1v) is 5.12. The molecule has 86 valence electrons. The Morgan fingerprint density at radius 3 is 1.87 bits per heavy atom. The number of rotatable bonds is 5. The van der Waals surface area contributed by atoms with Gasteiger partial charge >= 0.3 is 5.97 Å². The molecule has 0 N–H and O–H groups in total.